The molecule has 2 rings (SSSR count). The van der Waals surface area contributed by atoms with Crippen LogP contribution in [0.5, 0.6) is 0 Å². The number of furan rings is 1. The summed E-state index contributed by atoms with van der Waals surface area (Å²) < 4.78 is 68.6. The Morgan fingerprint density at radius 1 is 0.833 bits per heavy atom. The van der Waals surface area contributed by atoms with Crippen molar-refractivity contribution >= 4 is 0 Å². The molecule has 1 nitrogen and oxygen atoms in total. The Hall–Kier alpha value is -1.85. The number of halogens is 5. The van der Waals surface area contributed by atoms with Crippen LogP contribution in [0.1, 0.15) is 5.56 Å². The average Bonchev–Trinajstić information content (AvgIpc) is 2.81. The third kappa shape index (κ3) is 1.98. The van der Waals surface area contributed by atoms with Crippen molar-refractivity contribution in [3.05, 3.63) is 48.2 Å². The van der Waals surface area contributed by atoms with Crippen molar-refractivity contribution in [2.45, 2.75) is 12.1 Å². The van der Waals surface area contributed by atoms with Gasteiger partial charge in [0.05, 0.1) is 6.26 Å². The lowest BCUT2D eigenvalue weighted by molar-refractivity contribution is -0.289. The zero-order chi connectivity index (χ0) is 13.4. The van der Waals surface area contributed by atoms with E-state index in [1.54, 1.807) is 0 Å². The smallest absolute Gasteiger partial charge is 0.458 e. The molecule has 0 saturated carbocycles. The first-order valence-electron chi connectivity index (χ1n) is 4.92. The zero-order valence-corrected chi connectivity index (χ0v) is 8.84. The predicted molar refractivity (Wildman–Crippen MR) is 54.1 cm³/mol. The summed E-state index contributed by atoms with van der Waals surface area (Å²) in [6, 6.07) is 7.14. The zero-order valence-electron chi connectivity index (χ0n) is 8.84. The first kappa shape index (κ1) is 12.6. The molecule has 1 aromatic heterocycles. The molecule has 0 atom stereocenters. The van der Waals surface area contributed by atoms with Gasteiger partial charge in [-0.25, -0.2) is 0 Å². The summed E-state index contributed by atoms with van der Waals surface area (Å²) in [5, 5.41) is 0. The van der Waals surface area contributed by atoms with Gasteiger partial charge >= 0.3 is 12.1 Å². The Balaban J connectivity index is 2.60. The number of alkyl halides is 5. The number of rotatable bonds is 2. The minimum atomic E-state index is -5.64. The lowest BCUT2D eigenvalue weighted by Crippen LogP contribution is -2.34. The molecule has 6 heteroatoms. The SMILES string of the molecule is FC(F)(F)C(F)(F)c1ccccc1-c1ccco1. The third-order valence-electron chi connectivity index (χ3n) is 2.41. The summed E-state index contributed by atoms with van der Waals surface area (Å²) in [7, 11) is 0. The highest BCUT2D eigenvalue weighted by Gasteiger charge is 2.59. The highest BCUT2D eigenvalue weighted by molar-refractivity contribution is 5.63. The van der Waals surface area contributed by atoms with E-state index in [1.165, 1.54) is 24.5 Å². The Kier molecular flexibility index (Phi) is 2.88. The number of hydrogen-bond donors (Lipinski definition) is 0. The van der Waals surface area contributed by atoms with Gasteiger partial charge in [0.15, 0.2) is 0 Å². The fourth-order valence-corrected chi connectivity index (χ4v) is 1.56. The van der Waals surface area contributed by atoms with Crippen LogP contribution in [0, 0.1) is 0 Å². The second-order valence-corrected chi connectivity index (χ2v) is 3.60. The minimum Gasteiger partial charge on any atom is -0.464 e. The van der Waals surface area contributed by atoms with Crippen LogP contribution in [0.15, 0.2) is 47.1 Å². The lowest BCUT2D eigenvalue weighted by atomic mass is 9.99. The van der Waals surface area contributed by atoms with E-state index in [9.17, 15) is 22.0 Å². The highest BCUT2D eigenvalue weighted by Crippen LogP contribution is 2.46. The van der Waals surface area contributed by atoms with Gasteiger partial charge in [-0.3, -0.25) is 0 Å². The standard InChI is InChI=1S/C12H7F5O/c13-11(14,12(15,16)17)9-5-2-1-4-8(9)10-6-3-7-18-10/h1-7H. The average molecular weight is 262 g/mol. The molecule has 0 aliphatic heterocycles. The molecule has 0 fully saturated rings. The molecule has 1 aromatic carbocycles. The summed E-state index contributed by atoms with van der Waals surface area (Å²) in [5.74, 6) is -4.95. The second kappa shape index (κ2) is 4.12. The quantitative estimate of drug-likeness (QED) is 0.721. The van der Waals surface area contributed by atoms with E-state index in [4.69, 9.17) is 4.42 Å². The molecule has 0 unspecified atom stereocenters. The maximum Gasteiger partial charge on any atom is 0.458 e. The minimum absolute atomic E-state index is 0.0328. The van der Waals surface area contributed by atoms with Crippen LogP contribution in [0.2, 0.25) is 0 Å². The van der Waals surface area contributed by atoms with Crippen LogP contribution in [0.3, 0.4) is 0 Å². The summed E-state index contributed by atoms with van der Waals surface area (Å²) in [6.45, 7) is 0. The van der Waals surface area contributed by atoms with Gasteiger partial charge in [0, 0.05) is 11.1 Å². The molecule has 0 bridgehead atoms. The summed E-state index contributed by atoms with van der Waals surface area (Å²) in [5.41, 5.74) is -1.39. The molecule has 0 radical (unpaired) electrons. The van der Waals surface area contributed by atoms with Crippen molar-refractivity contribution in [3.8, 4) is 11.3 Å². The van der Waals surface area contributed by atoms with Crippen LogP contribution in [-0.4, -0.2) is 6.18 Å². The van der Waals surface area contributed by atoms with Gasteiger partial charge in [-0.05, 0) is 12.1 Å². The fraction of sp³-hybridized carbons (Fsp3) is 0.167. The van der Waals surface area contributed by atoms with Gasteiger partial charge in [0.1, 0.15) is 5.76 Å². The van der Waals surface area contributed by atoms with Crippen molar-refractivity contribution in [1.82, 2.24) is 0 Å². The van der Waals surface area contributed by atoms with Crippen molar-refractivity contribution < 1.29 is 26.4 Å². The van der Waals surface area contributed by atoms with Gasteiger partial charge < -0.3 is 4.42 Å². The number of benzene rings is 1. The van der Waals surface area contributed by atoms with E-state index >= 15 is 0 Å². The second-order valence-electron chi connectivity index (χ2n) is 3.60. The molecule has 0 aliphatic rings. The monoisotopic (exact) mass is 262 g/mol. The molecule has 2 aromatic rings. The molecule has 1 heterocycles. The van der Waals surface area contributed by atoms with Gasteiger partial charge in [-0.15, -0.1) is 0 Å². The fourth-order valence-electron chi connectivity index (χ4n) is 1.56. The summed E-state index contributed by atoms with van der Waals surface area (Å²) in [6.07, 6.45) is -4.44. The van der Waals surface area contributed by atoms with Crippen LogP contribution >= 0.6 is 0 Å². The molecule has 0 N–H and O–H groups in total. The molecule has 0 amide bonds. The van der Waals surface area contributed by atoms with E-state index in [-0.39, 0.29) is 11.3 Å². The Labute approximate surface area is 98.8 Å². The largest absolute Gasteiger partial charge is 0.464 e. The molecular weight excluding hydrogens is 255 g/mol. The number of hydrogen-bond acceptors (Lipinski definition) is 1. The summed E-state index contributed by atoms with van der Waals surface area (Å²) >= 11 is 0. The Morgan fingerprint density at radius 3 is 2.06 bits per heavy atom. The highest BCUT2D eigenvalue weighted by atomic mass is 19.4. The van der Waals surface area contributed by atoms with E-state index in [0.29, 0.717) is 0 Å². The van der Waals surface area contributed by atoms with Crippen molar-refractivity contribution in [1.29, 1.82) is 0 Å². The molecular formula is C12H7F5O. The van der Waals surface area contributed by atoms with Crippen molar-refractivity contribution in [3.63, 3.8) is 0 Å². The normalized spacial score (nSPS) is 12.7. The van der Waals surface area contributed by atoms with Crippen LogP contribution < -0.4 is 0 Å². The van der Waals surface area contributed by atoms with Gasteiger partial charge in [-0.2, -0.15) is 22.0 Å². The predicted octanol–water partition coefficient (Wildman–Crippen LogP) is 4.60. The molecule has 18 heavy (non-hydrogen) atoms. The van der Waals surface area contributed by atoms with E-state index in [1.807, 2.05) is 0 Å². The first-order valence-corrected chi connectivity index (χ1v) is 4.92. The topological polar surface area (TPSA) is 13.1 Å². The van der Waals surface area contributed by atoms with E-state index < -0.39 is 17.7 Å². The molecule has 0 saturated heterocycles. The molecule has 96 valence electrons. The van der Waals surface area contributed by atoms with Gasteiger partial charge in [0.25, 0.3) is 0 Å². The van der Waals surface area contributed by atoms with Crippen LogP contribution in [-0.2, 0) is 5.92 Å². The molecule has 0 aliphatic carbocycles. The Bertz CT molecular complexity index is 528. The maximum atomic E-state index is 13.3. The third-order valence-corrected chi connectivity index (χ3v) is 2.41. The Morgan fingerprint density at radius 2 is 1.50 bits per heavy atom. The van der Waals surface area contributed by atoms with Crippen molar-refractivity contribution in [2.24, 2.45) is 0 Å². The van der Waals surface area contributed by atoms with E-state index in [0.717, 1.165) is 18.2 Å². The van der Waals surface area contributed by atoms with E-state index in [2.05, 4.69) is 0 Å². The maximum absolute atomic E-state index is 13.3. The lowest BCUT2D eigenvalue weighted by Gasteiger charge is -2.21. The van der Waals surface area contributed by atoms with Gasteiger partial charge in [-0.1, -0.05) is 24.3 Å². The van der Waals surface area contributed by atoms with Crippen LogP contribution in [0.4, 0.5) is 22.0 Å². The van der Waals surface area contributed by atoms with Crippen molar-refractivity contribution in [2.75, 3.05) is 0 Å². The van der Waals surface area contributed by atoms with Gasteiger partial charge in [0.2, 0.25) is 0 Å². The van der Waals surface area contributed by atoms with Crippen LogP contribution in [0.25, 0.3) is 11.3 Å². The summed E-state index contributed by atoms with van der Waals surface area (Å²) in [4.78, 5) is 0. The first-order chi connectivity index (χ1) is 8.34. The molecule has 0 spiro atoms.